The number of aromatic amines is 1. The van der Waals surface area contributed by atoms with E-state index in [1.165, 1.54) is 0 Å². The quantitative estimate of drug-likeness (QED) is 0.592. The van der Waals surface area contributed by atoms with Gasteiger partial charge in [-0.25, -0.2) is 4.98 Å². The van der Waals surface area contributed by atoms with Crippen LogP contribution < -0.4 is 4.74 Å². The maximum absolute atomic E-state index is 5.47. The lowest BCUT2D eigenvalue weighted by Gasteiger charge is -2.14. The highest BCUT2D eigenvalue weighted by Crippen LogP contribution is 2.33. The van der Waals surface area contributed by atoms with Crippen LogP contribution in [0.4, 0.5) is 0 Å². The van der Waals surface area contributed by atoms with Crippen LogP contribution in [0.15, 0.2) is 52.7 Å². The Bertz CT molecular complexity index is 1190. The van der Waals surface area contributed by atoms with E-state index in [0.717, 1.165) is 50.4 Å². The Labute approximate surface area is 159 Å². The number of benzene rings is 2. The van der Waals surface area contributed by atoms with Crippen LogP contribution in [0, 0.1) is 6.92 Å². The molecule has 0 saturated heterocycles. The number of aromatic nitrogens is 5. The van der Waals surface area contributed by atoms with E-state index in [9.17, 15) is 0 Å². The van der Waals surface area contributed by atoms with Gasteiger partial charge in [-0.3, -0.25) is 0 Å². The maximum atomic E-state index is 5.47. The molecule has 3 heterocycles. The highest BCUT2D eigenvalue weighted by atomic mass is 32.2. The Balaban J connectivity index is 1.62. The molecule has 0 atom stereocenters. The lowest BCUT2D eigenvalue weighted by molar-refractivity contribution is 0.416. The zero-order valence-corrected chi connectivity index (χ0v) is 15.6. The van der Waals surface area contributed by atoms with Crippen molar-refractivity contribution in [3.63, 3.8) is 0 Å². The third kappa shape index (κ3) is 2.69. The summed E-state index contributed by atoms with van der Waals surface area (Å²) < 4.78 is 7.27. The molecule has 7 nitrogen and oxygen atoms in total. The SMILES string of the molecule is COc1ccccc1-c1nnc2n1N=C(c1ccc3nc(C)[nH]c3c1)CS2. The number of ether oxygens (including phenoxy) is 1. The van der Waals surface area contributed by atoms with Crippen molar-refractivity contribution < 1.29 is 4.74 Å². The minimum atomic E-state index is 0.672. The van der Waals surface area contributed by atoms with E-state index in [-0.39, 0.29) is 0 Å². The van der Waals surface area contributed by atoms with E-state index in [1.54, 1.807) is 23.5 Å². The molecular weight excluding hydrogens is 360 g/mol. The monoisotopic (exact) mass is 376 g/mol. The lowest BCUT2D eigenvalue weighted by Crippen LogP contribution is -2.13. The summed E-state index contributed by atoms with van der Waals surface area (Å²) in [6.07, 6.45) is 0. The minimum absolute atomic E-state index is 0.672. The fraction of sp³-hybridized carbons (Fsp3) is 0.158. The first kappa shape index (κ1) is 16.1. The van der Waals surface area contributed by atoms with Crippen LogP contribution in [0.3, 0.4) is 0 Å². The molecule has 0 bridgehead atoms. The molecule has 0 unspecified atom stereocenters. The fourth-order valence-electron chi connectivity index (χ4n) is 3.18. The summed E-state index contributed by atoms with van der Waals surface area (Å²) in [5.41, 5.74) is 4.86. The predicted octanol–water partition coefficient (Wildman–Crippen LogP) is 3.50. The maximum Gasteiger partial charge on any atom is 0.212 e. The third-order valence-corrected chi connectivity index (χ3v) is 5.38. The second kappa shape index (κ2) is 6.24. The van der Waals surface area contributed by atoms with Crippen LogP contribution in [0.1, 0.15) is 11.4 Å². The molecule has 134 valence electrons. The number of hydrogen-bond acceptors (Lipinski definition) is 6. The molecule has 0 radical (unpaired) electrons. The second-order valence-electron chi connectivity index (χ2n) is 6.21. The molecule has 0 amide bonds. The number of nitrogens with zero attached hydrogens (tertiary/aromatic N) is 5. The lowest BCUT2D eigenvalue weighted by atomic mass is 10.1. The number of H-pyrrole nitrogens is 1. The standard InChI is InChI=1S/C19H16N6OS/c1-11-20-14-8-7-12(9-15(14)21-11)16-10-27-19-23-22-18(25(19)24-16)13-5-3-4-6-17(13)26-2/h3-9H,10H2,1-2H3,(H,20,21). The van der Waals surface area contributed by atoms with E-state index in [0.29, 0.717) is 5.82 Å². The highest BCUT2D eigenvalue weighted by molar-refractivity contribution is 7.99. The molecule has 5 rings (SSSR count). The van der Waals surface area contributed by atoms with E-state index in [2.05, 4.69) is 32.3 Å². The predicted molar refractivity (Wildman–Crippen MR) is 105 cm³/mol. The van der Waals surface area contributed by atoms with Crippen molar-refractivity contribution in [3.05, 3.63) is 53.9 Å². The summed E-state index contributed by atoms with van der Waals surface area (Å²) >= 11 is 1.62. The van der Waals surface area contributed by atoms with Gasteiger partial charge in [-0.1, -0.05) is 30.0 Å². The van der Waals surface area contributed by atoms with Crippen molar-refractivity contribution in [3.8, 4) is 17.1 Å². The van der Waals surface area contributed by atoms with Crippen LogP contribution in [0.5, 0.6) is 5.75 Å². The van der Waals surface area contributed by atoms with Crippen LogP contribution in [-0.4, -0.2) is 43.4 Å². The van der Waals surface area contributed by atoms with Crippen molar-refractivity contribution >= 4 is 28.5 Å². The Hall–Kier alpha value is -3.13. The topological polar surface area (TPSA) is 81.0 Å². The van der Waals surface area contributed by atoms with Gasteiger partial charge in [-0.05, 0) is 31.2 Å². The zero-order valence-electron chi connectivity index (χ0n) is 14.8. The number of imidazole rings is 1. The van der Waals surface area contributed by atoms with Crippen LogP contribution >= 0.6 is 11.8 Å². The molecule has 0 fully saturated rings. The number of fused-ring (bicyclic) bond motifs is 2. The van der Waals surface area contributed by atoms with Crippen molar-refractivity contribution in [2.75, 3.05) is 12.9 Å². The minimum Gasteiger partial charge on any atom is -0.496 e. The molecule has 1 N–H and O–H groups in total. The van der Waals surface area contributed by atoms with E-state index in [4.69, 9.17) is 9.84 Å². The summed E-state index contributed by atoms with van der Waals surface area (Å²) in [5.74, 6) is 3.06. The summed E-state index contributed by atoms with van der Waals surface area (Å²) in [7, 11) is 1.65. The molecule has 0 spiro atoms. The van der Waals surface area contributed by atoms with Crippen molar-refractivity contribution in [2.45, 2.75) is 12.1 Å². The number of rotatable bonds is 3. The number of nitrogens with one attached hydrogen (secondary N) is 1. The summed E-state index contributed by atoms with van der Waals surface area (Å²) in [6, 6.07) is 13.9. The van der Waals surface area contributed by atoms with Gasteiger partial charge in [-0.15, -0.1) is 10.2 Å². The van der Waals surface area contributed by atoms with Crippen molar-refractivity contribution in [2.24, 2.45) is 5.10 Å². The first-order valence-electron chi connectivity index (χ1n) is 8.49. The average Bonchev–Trinajstić information content (AvgIpc) is 3.29. The Morgan fingerprint density at radius 2 is 2.04 bits per heavy atom. The number of aryl methyl sites for hydroxylation is 1. The second-order valence-corrected chi connectivity index (χ2v) is 7.15. The Kier molecular flexibility index (Phi) is 3.71. The number of thioether (sulfide) groups is 1. The molecule has 27 heavy (non-hydrogen) atoms. The van der Waals surface area contributed by atoms with Crippen LogP contribution in [0.25, 0.3) is 22.4 Å². The molecule has 2 aromatic carbocycles. The van der Waals surface area contributed by atoms with E-state index < -0.39 is 0 Å². The molecular formula is C19H16N6OS. The summed E-state index contributed by atoms with van der Waals surface area (Å²) in [4.78, 5) is 7.74. The van der Waals surface area contributed by atoms with Crippen LogP contribution in [0.2, 0.25) is 0 Å². The number of para-hydroxylation sites is 1. The van der Waals surface area contributed by atoms with Crippen LogP contribution in [-0.2, 0) is 0 Å². The molecule has 8 heteroatoms. The van der Waals surface area contributed by atoms with E-state index in [1.807, 2.05) is 37.3 Å². The van der Waals surface area contributed by atoms with Gasteiger partial charge in [0.25, 0.3) is 0 Å². The molecule has 4 aromatic rings. The number of hydrogen-bond donors (Lipinski definition) is 1. The van der Waals surface area contributed by atoms with Gasteiger partial charge >= 0.3 is 0 Å². The van der Waals surface area contributed by atoms with Gasteiger partial charge in [-0.2, -0.15) is 9.78 Å². The first-order valence-corrected chi connectivity index (χ1v) is 9.47. The molecule has 1 aliphatic rings. The Morgan fingerprint density at radius 1 is 1.15 bits per heavy atom. The van der Waals surface area contributed by atoms with Gasteiger partial charge in [0.1, 0.15) is 11.6 Å². The van der Waals surface area contributed by atoms with Gasteiger partial charge in [0.15, 0.2) is 5.82 Å². The first-order chi connectivity index (χ1) is 13.2. The normalized spacial score (nSPS) is 13.5. The third-order valence-electron chi connectivity index (χ3n) is 4.45. The van der Waals surface area contributed by atoms with E-state index >= 15 is 0 Å². The van der Waals surface area contributed by atoms with Gasteiger partial charge in [0.05, 0.1) is 29.4 Å². The zero-order chi connectivity index (χ0) is 18.4. The fourth-order valence-corrected chi connectivity index (χ4v) is 4.02. The number of methoxy groups -OCH3 is 1. The summed E-state index contributed by atoms with van der Waals surface area (Å²) in [5, 5.41) is 14.2. The molecule has 0 aliphatic carbocycles. The average molecular weight is 376 g/mol. The van der Waals surface area contributed by atoms with Crippen molar-refractivity contribution in [1.82, 2.24) is 24.8 Å². The summed E-state index contributed by atoms with van der Waals surface area (Å²) in [6.45, 7) is 1.95. The van der Waals surface area contributed by atoms with Gasteiger partial charge in [0.2, 0.25) is 5.16 Å². The largest absolute Gasteiger partial charge is 0.496 e. The van der Waals surface area contributed by atoms with Crippen molar-refractivity contribution in [1.29, 1.82) is 0 Å². The molecule has 1 aliphatic heterocycles. The smallest absolute Gasteiger partial charge is 0.212 e. The van der Waals surface area contributed by atoms with Gasteiger partial charge < -0.3 is 9.72 Å². The molecule has 0 saturated carbocycles. The Morgan fingerprint density at radius 3 is 2.93 bits per heavy atom. The van der Waals surface area contributed by atoms with Gasteiger partial charge in [0, 0.05) is 11.3 Å². The molecule has 2 aromatic heterocycles. The highest BCUT2D eigenvalue weighted by Gasteiger charge is 2.22.